The summed E-state index contributed by atoms with van der Waals surface area (Å²) in [7, 11) is 1.81. The highest BCUT2D eigenvalue weighted by molar-refractivity contribution is 5.83. The molecule has 1 amide bonds. The number of carboxylic acids is 1. The normalized spacial score (nSPS) is 12.1. The number of carbonyl (C=O) groups is 2. The number of amides is 1. The fraction of sp³-hybridized carbons (Fsp3) is 0.800. The number of carbonyl (C=O) groups excluding carboxylic acids is 1. The average molecular weight is 216 g/mol. The van der Waals surface area contributed by atoms with Crippen LogP contribution in [0.3, 0.4) is 0 Å². The molecule has 0 aliphatic carbocycles. The second kappa shape index (κ2) is 8.23. The van der Waals surface area contributed by atoms with Crippen LogP contribution in [0.5, 0.6) is 0 Å². The first-order valence-corrected chi connectivity index (χ1v) is 5.28. The third-order valence-corrected chi connectivity index (χ3v) is 2.04. The first-order chi connectivity index (χ1) is 7.11. The molecule has 0 bridgehead atoms. The highest BCUT2D eigenvalue weighted by Gasteiger charge is 2.17. The van der Waals surface area contributed by atoms with E-state index in [9.17, 15) is 9.59 Å². The van der Waals surface area contributed by atoms with E-state index in [0.29, 0.717) is 12.8 Å². The summed E-state index contributed by atoms with van der Waals surface area (Å²) in [4.78, 5) is 22.0. The van der Waals surface area contributed by atoms with Crippen LogP contribution >= 0.6 is 0 Å². The van der Waals surface area contributed by atoms with E-state index in [2.05, 4.69) is 10.6 Å². The van der Waals surface area contributed by atoms with E-state index in [-0.39, 0.29) is 5.91 Å². The Hall–Kier alpha value is -1.10. The lowest BCUT2D eigenvalue weighted by Crippen LogP contribution is -2.40. The fourth-order valence-electron chi connectivity index (χ4n) is 1.24. The summed E-state index contributed by atoms with van der Waals surface area (Å²) < 4.78 is 0. The van der Waals surface area contributed by atoms with Gasteiger partial charge in [-0.05, 0) is 26.4 Å². The molecule has 15 heavy (non-hydrogen) atoms. The van der Waals surface area contributed by atoms with E-state index in [0.717, 1.165) is 19.4 Å². The van der Waals surface area contributed by atoms with Gasteiger partial charge in [0.05, 0.1) is 0 Å². The highest BCUT2D eigenvalue weighted by atomic mass is 16.4. The Bertz CT molecular complexity index is 207. The summed E-state index contributed by atoms with van der Waals surface area (Å²) in [6, 6.07) is -0.739. The van der Waals surface area contributed by atoms with E-state index in [1.807, 2.05) is 14.0 Å². The topological polar surface area (TPSA) is 78.4 Å². The Morgan fingerprint density at radius 2 is 2.07 bits per heavy atom. The minimum absolute atomic E-state index is 0.189. The molecule has 0 spiro atoms. The number of hydrogen-bond donors (Lipinski definition) is 3. The van der Waals surface area contributed by atoms with E-state index < -0.39 is 12.0 Å². The van der Waals surface area contributed by atoms with E-state index >= 15 is 0 Å². The van der Waals surface area contributed by atoms with Gasteiger partial charge in [-0.1, -0.05) is 13.3 Å². The monoisotopic (exact) mass is 216 g/mol. The third-order valence-electron chi connectivity index (χ3n) is 2.04. The van der Waals surface area contributed by atoms with Gasteiger partial charge in [-0.2, -0.15) is 0 Å². The van der Waals surface area contributed by atoms with Gasteiger partial charge in [-0.3, -0.25) is 4.79 Å². The fourth-order valence-corrected chi connectivity index (χ4v) is 1.24. The minimum atomic E-state index is -0.959. The van der Waals surface area contributed by atoms with Gasteiger partial charge in [-0.25, -0.2) is 4.79 Å². The van der Waals surface area contributed by atoms with E-state index in [1.54, 1.807) is 0 Å². The Morgan fingerprint density at radius 3 is 2.53 bits per heavy atom. The first kappa shape index (κ1) is 13.9. The van der Waals surface area contributed by atoms with Gasteiger partial charge in [-0.15, -0.1) is 0 Å². The van der Waals surface area contributed by atoms with Gasteiger partial charge < -0.3 is 15.7 Å². The summed E-state index contributed by atoms with van der Waals surface area (Å²) >= 11 is 0. The lowest BCUT2D eigenvalue weighted by Gasteiger charge is -2.13. The van der Waals surface area contributed by atoms with Crippen molar-refractivity contribution in [2.45, 2.75) is 38.6 Å². The molecule has 3 N–H and O–H groups in total. The number of carboxylic acid groups (broad SMARTS) is 1. The smallest absolute Gasteiger partial charge is 0.326 e. The number of rotatable bonds is 8. The SMILES string of the molecule is CCC[C@@H](NC(=O)CCCNC)C(=O)O. The molecule has 0 rings (SSSR count). The lowest BCUT2D eigenvalue weighted by atomic mass is 10.1. The molecule has 88 valence electrons. The molecule has 0 radical (unpaired) electrons. The van der Waals surface area contributed by atoms with Crippen molar-refractivity contribution in [3.63, 3.8) is 0 Å². The van der Waals surface area contributed by atoms with E-state index in [4.69, 9.17) is 5.11 Å². The molecule has 0 aliphatic rings. The highest BCUT2D eigenvalue weighted by Crippen LogP contribution is 1.98. The van der Waals surface area contributed by atoms with Crippen molar-refractivity contribution in [2.75, 3.05) is 13.6 Å². The lowest BCUT2D eigenvalue weighted by molar-refractivity contribution is -0.142. The van der Waals surface area contributed by atoms with Gasteiger partial charge in [0, 0.05) is 6.42 Å². The average Bonchev–Trinajstić information content (AvgIpc) is 2.17. The molecule has 0 heterocycles. The molecule has 0 aromatic heterocycles. The summed E-state index contributed by atoms with van der Waals surface area (Å²) in [6.45, 7) is 2.65. The summed E-state index contributed by atoms with van der Waals surface area (Å²) in [5.74, 6) is -1.15. The predicted molar refractivity (Wildman–Crippen MR) is 57.6 cm³/mol. The molecular formula is C10H20N2O3. The van der Waals surface area contributed by atoms with Crippen LogP contribution in [0.25, 0.3) is 0 Å². The van der Waals surface area contributed by atoms with Crippen LogP contribution in [0.2, 0.25) is 0 Å². The van der Waals surface area contributed by atoms with Gasteiger partial charge in [0.25, 0.3) is 0 Å². The van der Waals surface area contributed by atoms with Crippen molar-refractivity contribution in [1.29, 1.82) is 0 Å². The first-order valence-electron chi connectivity index (χ1n) is 5.28. The zero-order valence-electron chi connectivity index (χ0n) is 9.38. The van der Waals surface area contributed by atoms with Gasteiger partial charge >= 0.3 is 5.97 Å². The van der Waals surface area contributed by atoms with Crippen LogP contribution in [0, 0.1) is 0 Å². The van der Waals surface area contributed by atoms with E-state index in [1.165, 1.54) is 0 Å². The van der Waals surface area contributed by atoms with Crippen LogP contribution in [0.15, 0.2) is 0 Å². The predicted octanol–water partition coefficient (Wildman–Crippen LogP) is 0.356. The molecule has 0 aromatic carbocycles. The summed E-state index contributed by atoms with van der Waals surface area (Å²) in [6.07, 6.45) is 2.32. The molecule has 1 atom stereocenters. The largest absolute Gasteiger partial charge is 0.480 e. The molecule has 5 heteroatoms. The van der Waals surface area contributed by atoms with Crippen molar-refractivity contribution in [2.24, 2.45) is 0 Å². The standard InChI is InChI=1S/C10H20N2O3/c1-3-5-8(10(14)15)12-9(13)6-4-7-11-2/h8,11H,3-7H2,1-2H3,(H,12,13)(H,14,15)/t8-/m1/s1. The third kappa shape index (κ3) is 6.90. The van der Waals surface area contributed by atoms with Crippen molar-refractivity contribution < 1.29 is 14.7 Å². The Labute approximate surface area is 90.2 Å². The maximum atomic E-state index is 11.3. The molecule has 5 nitrogen and oxygen atoms in total. The molecule has 0 saturated heterocycles. The van der Waals surface area contributed by atoms with Crippen LogP contribution in [-0.4, -0.2) is 36.6 Å². The molecule has 0 aliphatic heterocycles. The van der Waals surface area contributed by atoms with Crippen molar-refractivity contribution >= 4 is 11.9 Å². The van der Waals surface area contributed by atoms with Crippen LogP contribution in [0.1, 0.15) is 32.6 Å². The second-order valence-corrected chi connectivity index (χ2v) is 3.45. The van der Waals surface area contributed by atoms with Crippen molar-refractivity contribution in [3.8, 4) is 0 Å². The van der Waals surface area contributed by atoms with Crippen LogP contribution < -0.4 is 10.6 Å². The summed E-state index contributed by atoms with van der Waals surface area (Å²) in [5.41, 5.74) is 0. The Balaban J connectivity index is 3.84. The van der Waals surface area contributed by atoms with Gasteiger partial charge in [0.1, 0.15) is 6.04 Å². The number of aliphatic carboxylic acids is 1. The van der Waals surface area contributed by atoms with Crippen molar-refractivity contribution in [1.82, 2.24) is 10.6 Å². The zero-order valence-corrected chi connectivity index (χ0v) is 9.38. The van der Waals surface area contributed by atoms with Crippen molar-refractivity contribution in [3.05, 3.63) is 0 Å². The summed E-state index contributed by atoms with van der Waals surface area (Å²) in [5, 5.41) is 14.2. The molecule has 0 aromatic rings. The second-order valence-electron chi connectivity index (χ2n) is 3.45. The maximum absolute atomic E-state index is 11.3. The van der Waals surface area contributed by atoms with Gasteiger partial charge in [0.2, 0.25) is 5.91 Å². The zero-order chi connectivity index (χ0) is 11.7. The Morgan fingerprint density at radius 1 is 1.40 bits per heavy atom. The van der Waals surface area contributed by atoms with Crippen LogP contribution in [-0.2, 0) is 9.59 Å². The Kier molecular flexibility index (Phi) is 7.62. The number of hydrogen-bond acceptors (Lipinski definition) is 3. The quantitative estimate of drug-likeness (QED) is 0.512. The minimum Gasteiger partial charge on any atom is -0.480 e. The van der Waals surface area contributed by atoms with Crippen LogP contribution in [0.4, 0.5) is 0 Å². The van der Waals surface area contributed by atoms with Gasteiger partial charge in [0.15, 0.2) is 0 Å². The molecule has 0 fully saturated rings. The maximum Gasteiger partial charge on any atom is 0.326 e. The molecule has 0 saturated carbocycles. The molecule has 0 unspecified atom stereocenters. The number of nitrogens with one attached hydrogen (secondary N) is 2. The molecular weight excluding hydrogens is 196 g/mol.